The number of pyridine rings is 1. The molecule has 0 saturated carbocycles. The third kappa shape index (κ3) is 2.05. The van der Waals surface area contributed by atoms with Gasteiger partial charge in [-0.3, -0.25) is 4.21 Å². The van der Waals surface area contributed by atoms with E-state index in [4.69, 9.17) is 0 Å². The number of hydrogen-bond acceptors (Lipinski definition) is 4. The SMILES string of the molecule is O=S([O-])Nc1ccc2cccc(O)c2n1. The molecule has 0 amide bonds. The van der Waals surface area contributed by atoms with Crippen LogP contribution in [0.2, 0.25) is 0 Å². The number of hydrogen-bond donors (Lipinski definition) is 2. The first kappa shape index (κ1) is 9.88. The summed E-state index contributed by atoms with van der Waals surface area (Å²) in [6.07, 6.45) is 0. The van der Waals surface area contributed by atoms with Crippen molar-refractivity contribution in [1.82, 2.24) is 4.98 Å². The minimum absolute atomic E-state index is 0.0211. The van der Waals surface area contributed by atoms with Gasteiger partial charge in [-0.1, -0.05) is 12.1 Å². The largest absolute Gasteiger partial charge is 0.755 e. The van der Waals surface area contributed by atoms with E-state index >= 15 is 0 Å². The molecule has 0 saturated heterocycles. The summed E-state index contributed by atoms with van der Waals surface area (Å²) in [5, 5.41) is 10.2. The van der Waals surface area contributed by atoms with Crippen LogP contribution in [-0.2, 0) is 11.3 Å². The standard InChI is InChI=1S/C9H8N2O3S/c12-7-3-1-2-6-4-5-8(10-9(6)7)11-15(13)14/h1-5,12H,(H,10,11)(H,13,14)/p-1. The Morgan fingerprint density at radius 2 is 2.13 bits per heavy atom. The van der Waals surface area contributed by atoms with Crippen LogP contribution in [0.3, 0.4) is 0 Å². The van der Waals surface area contributed by atoms with Gasteiger partial charge in [0, 0.05) is 16.7 Å². The summed E-state index contributed by atoms with van der Waals surface area (Å²) in [5.41, 5.74) is 0.368. The van der Waals surface area contributed by atoms with E-state index in [-0.39, 0.29) is 11.6 Å². The first-order valence-corrected chi connectivity index (χ1v) is 5.19. The summed E-state index contributed by atoms with van der Waals surface area (Å²) < 4.78 is 22.9. The molecule has 0 bridgehead atoms. The minimum Gasteiger partial charge on any atom is -0.755 e. The highest BCUT2D eigenvalue weighted by molar-refractivity contribution is 7.80. The summed E-state index contributed by atoms with van der Waals surface area (Å²) in [5.74, 6) is 0.199. The zero-order valence-corrected chi connectivity index (χ0v) is 8.32. The number of nitrogens with zero attached hydrogens (tertiary/aromatic N) is 1. The van der Waals surface area contributed by atoms with Gasteiger partial charge in [0.05, 0.1) is 0 Å². The van der Waals surface area contributed by atoms with Crippen LogP contribution < -0.4 is 4.72 Å². The van der Waals surface area contributed by atoms with Gasteiger partial charge in [0.25, 0.3) is 0 Å². The third-order valence-electron chi connectivity index (χ3n) is 1.89. The van der Waals surface area contributed by atoms with Crippen LogP contribution in [0.4, 0.5) is 5.82 Å². The summed E-state index contributed by atoms with van der Waals surface area (Å²) >= 11 is -2.41. The smallest absolute Gasteiger partial charge is 0.141 e. The Kier molecular flexibility index (Phi) is 2.53. The lowest BCUT2D eigenvalue weighted by Gasteiger charge is -2.08. The summed E-state index contributed by atoms with van der Waals surface area (Å²) in [6, 6.07) is 8.17. The molecule has 0 radical (unpaired) electrons. The van der Waals surface area contributed by atoms with Crippen LogP contribution in [0.5, 0.6) is 5.75 Å². The van der Waals surface area contributed by atoms with Gasteiger partial charge in [-0.2, -0.15) is 0 Å². The number of benzene rings is 1. The lowest BCUT2D eigenvalue weighted by atomic mass is 10.2. The van der Waals surface area contributed by atoms with Gasteiger partial charge in [0.1, 0.15) is 17.1 Å². The molecule has 2 N–H and O–H groups in total. The predicted octanol–water partition coefficient (Wildman–Crippen LogP) is 1.15. The second-order valence-corrected chi connectivity index (χ2v) is 3.56. The lowest BCUT2D eigenvalue weighted by Crippen LogP contribution is -2.03. The van der Waals surface area contributed by atoms with Crippen molar-refractivity contribution in [3.63, 3.8) is 0 Å². The number of nitrogens with one attached hydrogen (secondary N) is 1. The Labute approximate surface area is 88.2 Å². The number of para-hydroxylation sites is 1. The summed E-state index contributed by atoms with van der Waals surface area (Å²) in [6.45, 7) is 0. The molecule has 6 heteroatoms. The average molecular weight is 223 g/mol. The number of phenols is 1. The molecule has 0 fully saturated rings. The van der Waals surface area contributed by atoms with Crippen molar-refractivity contribution in [2.75, 3.05) is 4.72 Å². The van der Waals surface area contributed by atoms with E-state index in [1.807, 2.05) is 0 Å². The molecule has 78 valence electrons. The number of fused-ring (bicyclic) bond motifs is 1. The monoisotopic (exact) mass is 223 g/mol. The maximum absolute atomic E-state index is 10.4. The van der Waals surface area contributed by atoms with Gasteiger partial charge in [0.2, 0.25) is 0 Å². The zero-order valence-electron chi connectivity index (χ0n) is 7.51. The molecule has 1 aromatic heterocycles. The van der Waals surface area contributed by atoms with Crippen molar-refractivity contribution >= 4 is 28.0 Å². The second-order valence-electron chi connectivity index (χ2n) is 2.88. The van der Waals surface area contributed by atoms with E-state index in [9.17, 15) is 13.9 Å². The molecule has 5 nitrogen and oxygen atoms in total. The van der Waals surface area contributed by atoms with Crippen molar-refractivity contribution in [2.45, 2.75) is 0 Å². The Hall–Kier alpha value is -1.66. The first-order valence-electron chi connectivity index (χ1n) is 4.11. The fraction of sp³-hybridized carbons (Fsp3) is 0. The first-order chi connectivity index (χ1) is 7.16. The summed E-state index contributed by atoms with van der Waals surface area (Å²) in [7, 11) is 0. The van der Waals surface area contributed by atoms with Crippen LogP contribution in [0.25, 0.3) is 10.9 Å². The van der Waals surface area contributed by atoms with Crippen molar-refractivity contribution in [3.8, 4) is 5.75 Å². The fourth-order valence-electron chi connectivity index (χ4n) is 1.27. The number of aromatic nitrogens is 1. The maximum atomic E-state index is 10.4. The lowest BCUT2D eigenvalue weighted by molar-refractivity contribution is 0.480. The number of anilines is 1. The number of rotatable bonds is 2. The Morgan fingerprint density at radius 3 is 2.87 bits per heavy atom. The number of aromatic hydroxyl groups is 1. The molecule has 2 rings (SSSR count). The zero-order chi connectivity index (χ0) is 10.8. The van der Waals surface area contributed by atoms with E-state index in [0.29, 0.717) is 5.52 Å². The molecule has 2 aromatic rings. The third-order valence-corrected chi connectivity index (χ3v) is 2.26. The normalized spacial score (nSPS) is 12.6. The van der Waals surface area contributed by atoms with Crippen molar-refractivity contribution in [1.29, 1.82) is 0 Å². The molecule has 1 heterocycles. The molecule has 1 unspecified atom stereocenters. The predicted molar refractivity (Wildman–Crippen MR) is 56.0 cm³/mol. The van der Waals surface area contributed by atoms with Crippen molar-refractivity contribution in [2.24, 2.45) is 0 Å². The van der Waals surface area contributed by atoms with Crippen molar-refractivity contribution < 1.29 is 13.9 Å². The average Bonchev–Trinajstić information content (AvgIpc) is 2.18. The minimum atomic E-state index is -2.41. The second kappa shape index (κ2) is 3.84. The Bertz CT molecular complexity index is 530. The van der Waals surface area contributed by atoms with Crippen LogP contribution in [0.15, 0.2) is 30.3 Å². The van der Waals surface area contributed by atoms with Gasteiger partial charge in [-0.15, -0.1) is 0 Å². The molecular formula is C9H7N2O3S-. The van der Waals surface area contributed by atoms with Crippen LogP contribution in [0.1, 0.15) is 0 Å². The molecular weight excluding hydrogens is 216 g/mol. The molecule has 1 aromatic carbocycles. The van der Waals surface area contributed by atoms with Crippen LogP contribution >= 0.6 is 0 Å². The van der Waals surface area contributed by atoms with E-state index in [0.717, 1.165) is 5.39 Å². The van der Waals surface area contributed by atoms with Crippen LogP contribution in [0, 0.1) is 0 Å². The highest BCUT2D eigenvalue weighted by atomic mass is 32.2. The highest BCUT2D eigenvalue weighted by Gasteiger charge is 2.01. The van der Waals surface area contributed by atoms with E-state index < -0.39 is 11.3 Å². The molecule has 0 aliphatic heterocycles. The highest BCUT2D eigenvalue weighted by Crippen LogP contribution is 2.23. The van der Waals surface area contributed by atoms with E-state index in [1.54, 1.807) is 18.2 Å². The maximum Gasteiger partial charge on any atom is 0.141 e. The summed E-state index contributed by atoms with van der Waals surface area (Å²) in [4.78, 5) is 3.96. The van der Waals surface area contributed by atoms with E-state index in [2.05, 4.69) is 9.71 Å². The molecule has 0 aliphatic rings. The fourth-order valence-corrected chi connectivity index (χ4v) is 1.56. The number of phenolic OH excluding ortho intramolecular Hbond substituents is 1. The molecule has 0 spiro atoms. The molecule has 0 aliphatic carbocycles. The topological polar surface area (TPSA) is 85.3 Å². The van der Waals surface area contributed by atoms with Gasteiger partial charge >= 0.3 is 0 Å². The molecule has 1 atom stereocenters. The molecule has 15 heavy (non-hydrogen) atoms. The van der Waals surface area contributed by atoms with Gasteiger partial charge in [-0.25, -0.2) is 4.98 Å². The van der Waals surface area contributed by atoms with Gasteiger partial charge in [0.15, 0.2) is 0 Å². The Balaban J connectivity index is 2.54. The van der Waals surface area contributed by atoms with Crippen molar-refractivity contribution in [3.05, 3.63) is 30.3 Å². The Morgan fingerprint density at radius 1 is 1.33 bits per heavy atom. The van der Waals surface area contributed by atoms with Gasteiger partial charge < -0.3 is 14.4 Å². The van der Waals surface area contributed by atoms with Crippen LogP contribution in [-0.4, -0.2) is 18.9 Å². The van der Waals surface area contributed by atoms with Gasteiger partial charge in [-0.05, 0) is 18.2 Å². The van der Waals surface area contributed by atoms with E-state index in [1.165, 1.54) is 12.1 Å². The quantitative estimate of drug-likeness (QED) is 0.748.